The number of nitrogens with one attached hydrogen (secondary N) is 1. The molecule has 1 amide bonds. The first-order chi connectivity index (χ1) is 11.0. The van der Waals surface area contributed by atoms with Gasteiger partial charge in [-0.2, -0.15) is 13.2 Å². The molecule has 24 heavy (non-hydrogen) atoms. The molecule has 0 aromatic carbocycles. The fraction of sp³-hybridized carbons (Fsp3) is 0.571. The molecule has 0 atom stereocenters. The number of aryl methyl sites for hydroxylation is 1. The van der Waals surface area contributed by atoms with Gasteiger partial charge in [0.2, 0.25) is 10.0 Å². The van der Waals surface area contributed by atoms with E-state index in [1.807, 2.05) is 0 Å². The van der Waals surface area contributed by atoms with Crippen molar-refractivity contribution in [1.82, 2.24) is 14.6 Å². The third-order valence-corrected chi connectivity index (χ3v) is 4.69. The Morgan fingerprint density at radius 3 is 2.42 bits per heavy atom. The topological polar surface area (TPSA) is 79.4 Å². The maximum atomic E-state index is 12.5. The fourth-order valence-electron chi connectivity index (χ4n) is 2.07. The van der Waals surface area contributed by atoms with Crippen molar-refractivity contribution >= 4 is 15.9 Å². The Morgan fingerprint density at radius 2 is 1.96 bits per heavy atom. The second-order valence-corrected chi connectivity index (χ2v) is 7.17. The van der Waals surface area contributed by atoms with Crippen LogP contribution in [0, 0.1) is 6.92 Å². The summed E-state index contributed by atoms with van der Waals surface area (Å²) in [5.41, 5.74) is -1.02. The molecule has 0 aliphatic rings. The zero-order valence-electron chi connectivity index (χ0n) is 13.6. The highest BCUT2D eigenvalue weighted by molar-refractivity contribution is 7.88. The molecule has 0 unspecified atom stereocenters. The second-order valence-electron chi connectivity index (χ2n) is 5.19. The Morgan fingerprint density at radius 1 is 1.33 bits per heavy atom. The quantitative estimate of drug-likeness (QED) is 0.746. The lowest BCUT2D eigenvalue weighted by atomic mass is 10.1. The first-order valence-corrected chi connectivity index (χ1v) is 9.09. The standard InChI is InChI=1S/C14H20F3N3O3S/c1-4-20(24(3,22)23)9-5-8-18-13(21)11-6-7-12(14(15,16)17)19-10(11)2/h6-7H,4-5,8-9H2,1-3H3,(H,18,21). The predicted octanol–water partition coefficient (Wildman–Crippen LogP) is 1.81. The molecular formula is C14H20F3N3O3S. The molecular weight excluding hydrogens is 347 g/mol. The minimum Gasteiger partial charge on any atom is -0.352 e. The van der Waals surface area contributed by atoms with E-state index in [1.54, 1.807) is 6.92 Å². The highest BCUT2D eigenvalue weighted by Crippen LogP contribution is 2.28. The smallest absolute Gasteiger partial charge is 0.352 e. The van der Waals surface area contributed by atoms with Gasteiger partial charge in [0.15, 0.2) is 0 Å². The van der Waals surface area contributed by atoms with Crippen LogP contribution >= 0.6 is 0 Å². The van der Waals surface area contributed by atoms with Crippen LogP contribution in [0.15, 0.2) is 12.1 Å². The maximum Gasteiger partial charge on any atom is 0.433 e. The molecule has 1 heterocycles. The van der Waals surface area contributed by atoms with Crippen LogP contribution in [0.4, 0.5) is 13.2 Å². The van der Waals surface area contributed by atoms with Gasteiger partial charge in [-0.05, 0) is 25.5 Å². The van der Waals surface area contributed by atoms with Gasteiger partial charge in [0.1, 0.15) is 5.69 Å². The molecule has 0 saturated heterocycles. The molecule has 1 aromatic rings. The number of carbonyl (C=O) groups is 1. The number of sulfonamides is 1. The lowest BCUT2D eigenvalue weighted by molar-refractivity contribution is -0.141. The summed E-state index contributed by atoms with van der Waals surface area (Å²) >= 11 is 0. The largest absolute Gasteiger partial charge is 0.433 e. The third kappa shape index (κ3) is 5.75. The van der Waals surface area contributed by atoms with Crippen molar-refractivity contribution in [2.45, 2.75) is 26.4 Å². The van der Waals surface area contributed by atoms with E-state index in [9.17, 15) is 26.4 Å². The molecule has 0 saturated carbocycles. The molecule has 0 radical (unpaired) electrons. The zero-order chi connectivity index (χ0) is 18.5. The number of carbonyl (C=O) groups excluding carboxylic acids is 1. The van der Waals surface area contributed by atoms with Gasteiger partial charge < -0.3 is 5.32 Å². The molecule has 1 N–H and O–H groups in total. The summed E-state index contributed by atoms with van der Waals surface area (Å²) in [5, 5.41) is 2.55. The van der Waals surface area contributed by atoms with Crippen molar-refractivity contribution in [1.29, 1.82) is 0 Å². The first kappa shape index (κ1) is 20.4. The van der Waals surface area contributed by atoms with Gasteiger partial charge in [0.25, 0.3) is 5.91 Å². The number of amides is 1. The lowest BCUT2D eigenvalue weighted by Crippen LogP contribution is -2.33. The van der Waals surface area contributed by atoms with Gasteiger partial charge in [-0.15, -0.1) is 0 Å². The van der Waals surface area contributed by atoms with Crippen molar-refractivity contribution in [3.63, 3.8) is 0 Å². The normalized spacial score (nSPS) is 12.5. The molecule has 1 aromatic heterocycles. The van der Waals surface area contributed by atoms with E-state index in [0.29, 0.717) is 13.0 Å². The van der Waals surface area contributed by atoms with Gasteiger partial charge in [-0.3, -0.25) is 4.79 Å². The molecule has 0 fully saturated rings. The van der Waals surface area contributed by atoms with Crippen LogP contribution < -0.4 is 5.32 Å². The lowest BCUT2D eigenvalue weighted by Gasteiger charge is -2.17. The van der Waals surface area contributed by atoms with E-state index in [1.165, 1.54) is 11.2 Å². The molecule has 136 valence electrons. The monoisotopic (exact) mass is 367 g/mol. The van der Waals surface area contributed by atoms with Gasteiger partial charge in [-0.25, -0.2) is 17.7 Å². The summed E-state index contributed by atoms with van der Waals surface area (Å²) in [5.74, 6) is -0.545. The average Bonchev–Trinajstić information content (AvgIpc) is 2.44. The van der Waals surface area contributed by atoms with Crippen LogP contribution in [-0.2, 0) is 16.2 Å². The number of hydrogen-bond donors (Lipinski definition) is 1. The second kappa shape index (κ2) is 7.93. The summed E-state index contributed by atoms with van der Waals surface area (Å²) in [6.07, 6.45) is -3.07. The Hall–Kier alpha value is -1.68. The summed E-state index contributed by atoms with van der Waals surface area (Å²) in [4.78, 5) is 15.4. The Kier molecular flexibility index (Phi) is 6.73. The maximum absolute atomic E-state index is 12.5. The highest BCUT2D eigenvalue weighted by atomic mass is 32.2. The van der Waals surface area contributed by atoms with E-state index in [2.05, 4.69) is 10.3 Å². The molecule has 0 spiro atoms. The number of nitrogens with zero attached hydrogens (tertiary/aromatic N) is 2. The van der Waals surface area contributed by atoms with Crippen molar-refractivity contribution in [2.75, 3.05) is 25.9 Å². The summed E-state index contributed by atoms with van der Waals surface area (Å²) in [6.45, 7) is 3.81. The molecule has 1 rings (SSSR count). The van der Waals surface area contributed by atoms with Crippen LogP contribution in [0.2, 0.25) is 0 Å². The van der Waals surface area contributed by atoms with Crippen LogP contribution in [0.3, 0.4) is 0 Å². The van der Waals surface area contributed by atoms with E-state index >= 15 is 0 Å². The minimum absolute atomic E-state index is 0.0198. The Labute approximate surface area is 139 Å². The molecule has 10 heteroatoms. The Balaban J connectivity index is 2.61. The van der Waals surface area contributed by atoms with Gasteiger partial charge in [0, 0.05) is 19.6 Å². The van der Waals surface area contributed by atoms with Crippen LogP contribution in [-0.4, -0.2) is 49.5 Å². The number of pyridine rings is 1. The van der Waals surface area contributed by atoms with Crippen molar-refractivity contribution in [2.24, 2.45) is 0 Å². The number of hydrogen-bond acceptors (Lipinski definition) is 4. The van der Waals surface area contributed by atoms with E-state index < -0.39 is 27.8 Å². The van der Waals surface area contributed by atoms with Gasteiger partial charge in [0.05, 0.1) is 17.5 Å². The fourth-order valence-corrected chi connectivity index (χ4v) is 3.00. The van der Waals surface area contributed by atoms with Crippen LogP contribution in [0.25, 0.3) is 0 Å². The summed E-state index contributed by atoms with van der Waals surface area (Å²) < 4.78 is 61.7. The number of alkyl halides is 3. The van der Waals surface area contributed by atoms with E-state index in [-0.39, 0.29) is 24.3 Å². The molecule has 0 aliphatic carbocycles. The SMILES string of the molecule is CCN(CCCNC(=O)c1ccc(C(F)(F)F)nc1C)S(C)(=O)=O. The number of halogens is 3. The third-order valence-electron chi connectivity index (χ3n) is 3.31. The number of aromatic nitrogens is 1. The average molecular weight is 367 g/mol. The minimum atomic E-state index is -4.56. The van der Waals surface area contributed by atoms with E-state index in [4.69, 9.17) is 0 Å². The van der Waals surface area contributed by atoms with Crippen molar-refractivity contribution in [3.05, 3.63) is 29.1 Å². The molecule has 0 aliphatic heterocycles. The van der Waals surface area contributed by atoms with Crippen molar-refractivity contribution < 1.29 is 26.4 Å². The van der Waals surface area contributed by atoms with Crippen LogP contribution in [0.5, 0.6) is 0 Å². The van der Waals surface area contributed by atoms with Gasteiger partial charge in [-0.1, -0.05) is 6.92 Å². The first-order valence-electron chi connectivity index (χ1n) is 7.25. The molecule has 6 nitrogen and oxygen atoms in total. The number of rotatable bonds is 7. The molecule has 0 bridgehead atoms. The Bertz CT molecular complexity index is 690. The highest BCUT2D eigenvalue weighted by Gasteiger charge is 2.33. The van der Waals surface area contributed by atoms with Crippen LogP contribution in [0.1, 0.15) is 35.1 Å². The zero-order valence-corrected chi connectivity index (χ0v) is 14.5. The predicted molar refractivity (Wildman–Crippen MR) is 83.0 cm³/mol. The van der Waals surface area contributed by atoms with E-state index in [0.717, 1.165) is 18.4 Å². The van der Waals surface area contributed by atoms with Crippen molar-refractivity contribution in [3.8, 4) is 0 Å². The van der Waals surface area contributed by atoms with Gasteiger partial charge >= 0.3 is 6.18 Å². The summed E-state index contributed by atoms with van der Waals surface area (Å²) in [6, 6.07) is 1.83. The summed E-state index contributed by atoms with van der Waals surface area (Å²) in [7, 11) is -3.29.